The van der Waals surface area contributed by atoms with Gasteiger partial charge in [0.1, 0.15) is 5.41 Å². The second kappa shape index (κ2) is 12.5. The van der Waals surface area contributed by atoms with Gasteiger partial charge in [0.15, 0.2) is 0 Å². The molecule has 1 heterocycles. The summed E-state index contributed by atoms with van der Waals surface area (Å²) >= 11 is 0. The Morgan fingerprint density at radius 2 is 1.91 bits per heavy atom. The Morgan fingerprint density at radius 1 is 1.30 bits per heavy atom. The molecule has 0 spiro atoms. The van der Waals surface area contributed by atoms with Crippen LogP contribution in [0.1, 0.15) is 53.4 Å². The smallest absolute Gasteiger partial charge is 0.846 e. The van der Waals surface area contributed by atoms with Gasteiger partial charge in [0.2, 0.25) is 5.91 Å². The average Bonchev–Trinajstić information content (AvgIpc) is 2.46. The van der Waals surface area contributed by atoms with Gasteiger partial charge in [-0.3, -0.25) is 14.4 Å². The molecule has 1 rings (SSSR count). The molecule has 1 aliphatic rings. The van der Waals surface area contributed by atoms with E-state index in [0.29, 0.717) is 19.5 Å². The second-order valence-corrected chi connectivity index (χ2v) is 5.16. The molecule has 126 valence electrons. The van der Waals surface area contributed by atoms with Crippen LogP contribution in [0, 0.1) is 11.3 Å². The van der Waals surface area contributed by atoms with Gasteiger partial charge in [0.25, 0.3) is 12.4 Å². The number of carbonyl (C=O) groups excluding carboxylic acids is 3. The third-order valence-corrected chi connectivity index (χ3v) is 3.72. The van der Waals surface area contributed by atoms with E-state index in [0.717, 1.165) is 19.3 Å². The summed E-state index contributed by atoms with van der Waals surface area (Å²) in [5.41, 5.74) is -1.15. The molecule has 2 amide bonds. The van der Waals surface area contributed by atoms with Crippen LogP contribution in [-0.2, 0) is 19.1 Å². The number of rotatable bonds is 7. The summed E-state index contributed by atoms with van der Waals surface area (Å²) < 4.78 is 4.30. The van der Waals surface area contributed by atoms with Gasteiger partial charge in [-0.15, -0.1) is 0 Å². The fourth-order valence-electron chi connectivity index (χ4n) is 2.47. The first-order valence-corrected chi connectivity index (χ1v) is 7.57. The maximum Gasteiger partial charge on any atom is 1.00 e. The van der Waals surface area contributed by atoms with Crippen molar-refractivity contribution in [1.29, 1.82) is 0 Å². The minimum absolute atomic E-state index is 0. The topological polar surface area (TPSA) is 108 Å². The van der Waals surface area contributed by atoms with Crippen LogP contribution in [0.4, 0.5) is 0 Å². The van der Waals surface area contributed by atoms with Gasteiger partial charge in [-0.1, -0.05) is 34.1 Å². The average molecular weight is 336 g/mol. The summed E-state index contributed by atoms with van der Waals surface area (Å²) in [6, 6.07) is -0.845. The quantitative estimate of drug-likeness (QED) is 0.245. The van der Waals surface area contributed by atoms with E-state index in [1.54, 1.807) is 6.92 Å². The minimum atomic E-state index is -1.15. The van der Waals surface area contributed by atoms with E-state index in [2.05, 4.69) is 15.0 Å². The standard InChI is InChI=1S/C11H18N2O3.C4H8O2.Na/c1-4-6-7(3)11(5-2)8(14)12-10(16)13-9(11)15;1-2-3-6-4-5;/h7H,4-6H2,1-3H3,(H2,12,13,14,15,16);4H,2-3H2,1H3;/q;;+1/p-1. The zero-order valence-corrected chi connectivity index (χ0v) is 16.7. The molecule has 0 bridgehead atoms. The van der Waals surface area contributed by atoms with Gasteiger partial charge in [-0.05, 0) is 25.2 Å². The zero-order chi connectivity index (χ0) is 17.2. The normalized spacial score (nSPS) is 21.0. The number of amidine groups is 1. The summed E-state index contributed by atoms with van der Waals surface area (Å²) in [5, 5.41) is 13.1. The third-order valence-electron chi connectivity index (χ3n) is 3.72. The molecule has 0 saturated heterocycles. The van der Waals surface area contributed by atoms with Crippen LogP contribution in [0.25, 0.3) is 0 Å². The molecule has 0 fully saturated rings. The van der Waals surface area contributed by atoms with Crippen LogP contribution in [0.15, 0.2) is 4.99 Å². The van der Waals surface area contributed by atoms with Crippen molar-refractivity contribution in [2.24, 2.45) is 16.3 Å². The van der Waals surface area contributed by atoms with Crippen molar-refractivity contribution >= 4 is 24.3 Å². The zero-order valence-electron chi connectivity index (χ0n) is 14.7. The fourth-order valence-corrected chi connectivity index (χ4v) is 2.47. The first kappa shape index (κ1) is 24.3. The Morgan fingerprint density at radius 3 is 2.26 bits per heavy atom. The molecule has 2 unspecified atom stereocenters. The third kappa shape index (κ3) is 6.61. The monoisotopic (exact) mass is 336 g/mol. The predicted molar refractivity (Wildman–Crippen MR) is 79.7 cm³/mol. The number of hydrogen-bond acceptors (Lipinski definition) is 5. The number of amides is 2. The summed E-state index contributed by atoms with van der Waals surface area (Å²) in [6.07, 6.45) is 2.92. The summed E-state index contributed by atoms with van der Waals surface area (Å²) in [7, 11) is 0. The molecule has 0 aromatic rings. The van der Waals surface area contributed by atoms with Crippen molar-refractivity contribution in [1.82, 2.24) is 5.32 Å². The van der Waals surface area contributed by atoms with Gasteiger partial charge in [-0.25, -0.2) is 4.99 Å². The summed E-state index contributed by atoms with van der Waals surface area (Å²) in [6.45, 7) is 8.58. The van der Waals surface area contributed by atoms with E-state index < -0.39 is 23.3 Å². The summed E-state index contributed by atoms with van der Waals surface area (Å²) in [4.78, 5) is 36.4. The van der Waals surface area contributed by atoms with E-state index in [1.165, 1.54) is 0 Å². The van der Waals surface area contributed by atoms with E-state index in [9.17, 15) is 19.5 Å². The molecule has 0 aromatic carbocycles. The van der Waals surface area contributed by atoms with Crippen molar-refractivity contribution in [3.8, 4) is 0 Å². The number of aliphatic imine (C=N–C) groups is 1. The second-order valence-electron chi connectivity index (χ2n) is 5.16. The number of hydrogen-bond donors (Lipinski definition) is 1. The molecule has 0 radical (unpaired) electrons. The Balaban J connectivity index is 0. The molecule has 1 N–H and O–H groups in total. The van der Waals surface area contributed by atoms with Crippen molar-refractivity contribution < 1.29 is 53.8 Å². The number of carbonyl (C=O) groups is 3. The van der Waals surface area contributed by atoms with Gasteiger partial charge >= 0.3 is 29.6 Å². The van der Waals surface area contributed by atoms with E-state index in [4.69, 9.17) is 0 Å². The molecule has 0 aromatic heterocycles. The van der Waals surface area contributed by atoms with Crippen LogP contribution >= 0.6 is 0 Å². The minimum Gasteiger partial charge on any atom is -0.846 e. The molecule has 2 atom stereocenters. The maximum absolute atomic E-state index is 11.9. The van der Waals surface area contributed by atoms with Crippen molar-refractivity contribution in [3.05, 3.63) is 0 Å². The number of ether oxygens (including phenoxy) is 1. The Kier molecular flexibility index (Phi) is 13.2. The van der Waals surface area contributed by atoms with Crippen LogP contribution in [-0.4, -0.2) is 30.9 Å². The van der Waals surface area contributed by atoms with Crippen molar-refractivity contribution in [3.63, 3.8) is 0 Å². The largest absolute Gasteiger partial charge is 1.00 e. The fraction of sp³-hybridized carbons (Fsp3) is 0.733. The van der Waals surface area contributed by atoms with Gasteiger partial charge in [0, 0.05) is 0 Å². The van der Waals surface area contributed by atoms with Crippen molar-refractivity contribution in [2.45, 2.75) is 53.4 Å². The van der Waals surface area contributed by atoms with E-state index in [-0.39, 0.29) is 35.5 Å². The Hall–Kier alpha value is -0.920. The summed E-state index contributed by atoms with van der Waals surface area (Å²) in [5.74, 6) is -1.20. The SMILES string of the molecule is CCCC(C)C1(CC)C(=O)N=C([O-])NC1=O.CCCOC=O.[Na+]. The van der Waals surface area contributed by atoms with Gasteiger partial charge in [0.05, 0.1) is 12.6 Å². The van der Waals surface area contributed by atoms with Crippen LogP contribution in [0.5, 0.6) is 0 Å². The maximum atomic E-state index is 11.9. The predicted octanol–water partition coefficient (Wildman–Crippen LogP) is -2.23. The molecule has 0 aliphatic carbocycles. The molecular formula is C15H25N2NaO5. The molecule has 23 heavy (non-hydrogen) atoms. The molecule has 1 aliphatic heterocycles. The van der Waals surface area contributed by atoms with Gasteiger partial charge < -0.3 is 15.2 Å². The van der Waals surface area contributed by atoms with E-state index >= 15 is 0 Å². The molecular weight excluding hydrogens is 311 g/mol. The molecule has 8 heteroatoms. The van der Waals surface area contributed by atoms with Crippen LogP contribution in [0.2, 0.25) is 0 Å². The number of nitrogens with one attached hydrogen (secondary N) is 1. The Bertz CT molecular complexity index is 428. The molecule has 0 saturated carbocycles. The van der Waals surface area contributed by atoms with Crippen LogP contribution < -0.4 is 40.0 Å². The van der Waals surface area contributed by atoms with Gasteiger partial charge in [-0.2, -0.15) is 0 Å². The number of nitrogens with zero attached hydrogens (tertiary/aromatic N) is 1. The first-order chi connectivity index (χ1) is 10.4. The Labute approximate surface area is 159 Å². The van der Waals surface area contributed by atoms with Crippen LogP contribution in [0.3, 0.4) is 0 Å². The first-order valence-electron chi connectivity index (χ1n) is 7.57. The van der Waals surface area contributed by atoms with E-state index in [1.807, 2.05) is 20.8 Å². The molecule has 7 nitrogen and oxygen atoms in total. The van der Waals surface area contributed by atoms with Crippen molar-refractivity contribution in [2.75, 3.05) is 6.61 Å².